The van der Waals surface area contributed by atoms with Crippen molar-refractivity contribution in [3.05, 3.63) is 0 Å². The molecule has 0 aromatic carbocycles. The van der Waals surface area contributed by atoms with E-state index in [9.17, 15) is 14.7 Å². The molecule has 98 valence electrons. The van der Waals surface area contributed by atoms with Gasteiger partial charge < -0.3 is 15.5 Å². The molecular formula is C12H21NO4. The Morgan fingerprint density at radius 1 is 1.18 bits per heavy atom. The molecular weight excluding hydrogens is 222 g/mol. The van der Waals surface area contributed by atoms with Crippen LogP contribution in [-0.2, 0) is 9.59 Å². The van der Waals surface area contributed by atoms with Crippen LogP contribution in [0.2, 0.25) is 0 Å². The van der Waals surface area contributed by atoms with E-state index in [1.165, 1.54) is 0 Å². The van der Waals surface area contributed by atoms with E-state index in [0.29, 0.717) is 12.8 Å². The summed E-state index contributed by atoms with van der Waals surface area (Å²) in [5.74, 6) is -1.70. The van der Waals surface area contributed by atoms with E-state index in [1.807, 2.05) is 0 Å². The number of aliphatic carboxylic acids is 1. The van der Waals surface area contributed by atoms with Gasteiger partial charge in [-0.3, -0.25) is 9.59 Å². The standard InChI is InChI=1S/C12H21NO4/c1-11(2)3-5-12(17,6-4-11)8-13-9(14)7-10(15)16/h17H,3-8H2,1-2H3,(H,13,14)(H,15,16). The van der Waals surface area contributed by atoms with Gasteiger partial charge in [-0.2, -0.15) is 0 Å². The van der Waals surface area contributed by atoms with E-state index in [-0.39, 0.29) is 12.0 Å². The lowest BCUT2D eigenvalue weighted by molar-refractivity contribution is -0.141. The molecule has 17 heavy (non-hydrogen) atoms. The zero-order valence-electron chi connectivity index (χ0n) is 10.5. The third-order valence-corrected chi connectivity index (χ3v) is 3.46. The van der Waals surface area contributed by atoms with Crippen molar-refractivity contribution in [3.8, 4) is 0 Å². The fourth-order valence-corrected chi connectivity index (χ4v) is 2.03. The molecule has 1 aliphatic carbocycles. The van der Waals surface area contributed by atoms with Crippen LogP contribution in [0.4, 0.5) is 0 Å². The van der Waals surface area contributed by atoms with E-state index < -0.39 is 23.9 Å². The number of aliphatic hydroxyl groups is 1. The molecule has 0 aromatic rings. The monoisotopic (exact) mass is 243 g/mol. The molecule has 0 radical (unpaired) electrons. The van der Waals surface area contributed by atoms with E-state index in [4.69, 9.17) is 5.11 Å². The smallest absolute Gasteiger partial charge is 0.312 e. The Hall–Kier alpha value is -1.10. The Bertz CT molecular complexity index is 302. The maximum atomic E-state index is 11.2. The minimum atomic E-state index is -1.15. The molecule has 0 spiro atoms. The maximum absolute atomic E-state index is 11.2. The van der Waals surface area contributed by atoms with Gasteiger partial charge in [0.2, 0.25) is 5.91 Å². The quantitative estimate of drug-likeness (QED) is 0.640. The second kappa shape index (κ2) is 5.04. The number of amides is 1. The Kier molecular flexibility index (Phi) is 4.14. The minimum absolute atomic E-state index is 0.148. The second-order valence-corrected chi connectivity index (χ2v) is 5.74. The fourth-order valence-electron chi connectivity index (χ4n) is 2.03. The lowest BCUT2D eigenvalue weighted by atomic mass is 9.71. The molecule has 1 aliphatic rings. The molecule has 1 saturated carbocycles. The van der Waals surface area contributed by atoms with Crippen LogP contribution in [0.3, 0.4) is 0 Å². The first-order valence-corrected chi connectivity index (χ1v) is 5.93. The first-order chi connectivity index (χ1) is 7.72. The molecule has 0 bridgehead atoms. The van der Waals surface area contributed by atoms with Gasteiger partial charge in [-0.25, -0.2) is 0 Å². The van der Waals surface area contributed by atoms with Crippen molar-refractivity contribution in [3.63, 3.8) is 0 Å². The van der Waals surface area contributed by atoms with Crippen molar-refractivity contribution in [1.82, 2.24) is 5.32 Å². The van der Waals surface area contributed by atoms with Crippen molar-refractivity contribution in [2.75, 3.05) is 6.54 Å². The summed E-state index contributed by atoms with van der Waals surface area (Å²) in [6.07, 6.45) is 2.58. The first-order valence-electron chi connectivity index (χ1n) is 5.93. The average molecular weight is 243 g/mol. The third kappa shape index (κ3) is 4.73. The molecule has 1 fully saturated rings. The summed E-state index contributed by atoms with van der Waals surface area (Å²) in [6, 6.07) is 0. The molecule has 0 heterocycles. The summed E-state index contributed by atoms with van der Waals surface area (Å²) >= 11 is 0. The third-order valence-electron chi connectivity index (χ3n) is 3.46. The van der Waals surface area contributed by atoms with E-state index in [0.717, 1.165) is 12.8 Å². The van der Waals surface area contributed by atoms with Gasteiger partial charge in [0, 0.05) is 6.54 Å². The van der Waals surface area contributed by atoms with Gasteiger partial charge in [-0.15, -0.1) is 0 Å². The summed E-state index contributed by atoms with van der Waals surface area (Å²) in [6.45, 7) is 4.47. The average Bonchev–Trinajstić information content (AvgIpc) is 2.20. The zero-order valence-corrected chi connectivity index (χ0v) is 10.5. The predicted molar refractivity (Wildman–Crippen MR) is 62.5 cm³/mol. The minimum Gasteiger partial charge on any atom is -0.481 e. The van der Waals surface area contributed by atoms with Crippen LogP contribution in [0.1, 0.15) is 46.0 Å². The molecule has 0 saturated heterocycles. The Balaban J connectivity index is 2.36. The van der Waals surface area contributed by atoms with Gasteiger partial charge in [-0.05, 0) is 31.1 Å². The van der Waals surface area contributed by atoms with Crippen LogP contribution in [0, 0.1) is 5.41 Å². The highest BCUT2D eigenvalue weighted by atomic mass is 16.4. The Morgan fingerprint density at radius 2 is 1.71 bits per heavy atom. The van der Waals surface area contributed by atoms with Crippen LogP contribution in [0.5, 0.6) is 0 Å². The zero-order chi connectivity index (χ0) is 13.1. The lowest BCUT2D eigenvalue weighted by Gasteiger charge is -2.40. The van der Waals surface area contributed by atoms with Gasteiger partial charge in [-0.1, -0.05) is 13.8 Å². The number of hydrogen-bond donors (Lipinski definition) is 3. The molecule has 0 unspecified atom stereocenters. The van der Waals surface area contributed by atoms with Crippen LogP contribution < -0.4 is 5.32 Å². The second-order valence-electron chi connectivity index (χ2n) is 5.74. The van der Waals surface area contributed by atoms with Crippen LogP contribution in [-0.4, -0.2) is 34.2 Å². The van der Waals surface area contributed by atoms with Gasteiger partial charge >= 0.3 is 5.97 Å². The number of nitrogens with one attached hydrogen (secondary N) is 1. The molecule has 0 aliphatic heterocycles. The van der Waals surface area contributed by atoms with Crippen molar-refractivity contribution >= 4 is 11.9 Å². The van der Waals surface area contributed by atoms with Gasteiger partial charge in [0.25, 0.3) is 0 Å². The van der Waals surface area contributed by atoms with E-state index in [1.54, 1.807) is 0 Å². The lowest BCUT2D eigenvalue weighted by Crippen LogP contribution is -2.46. The summed E-state index contributed by atoms with van der Waals surface area (Å²) in [5, 5.41) is 21.1. The van der Waals surface area contributed by atoms with Crippen LogP contribution >= 0.6 is 0 Å². The largest absolute Gasteiger partial charge is 0.481 e. The van der Waals surface area contributed by atoms with Gasteiger partial charge in [0.05, 0.1) is 5.60 Å². The van der Waals surface area contributed by atoms with E-state index in [2.05, 4.69) is 19.2 Å². The summed E-state index contributed by atoms with van der Waals surface area (Å²) < 4.78 is 0. The van der Waals surface area contributed by atoms with Crippen molar-refractivity contribution in [1.29, 1.82) is 0 Å². The van der Waals surface area contributed by atoms with Gasteiger partial charge in [0.1, 0.15) is 6.42 Å². The number of carbonyl (C=O) groups excluding carboxylic acids is 1. The number of rotatable bonds is 4. The normalized spacial score (nSPS) is 21.8. The van der Waals surface area contributed by atoms with Crippen LogP contribution in [0.15, 0.2) is 0 Å². The number of carboxylic acid groups (broad SMARTS) is 1. The number of hydrogen-bond acceptors (Lipinski definition) is 3. The number of carbonyl (C=O) groups is 2. The number of carboxylic acids is 1. The molecule has 5 nitrogen and oxygen atoms in total. The molecule has 1 amide bonds. The molecule has 3 N–H and O–H groups in total. The predicted octanol–water partition coefficient (Wildman–Crippen LogP) is 0.909. The molecule has 0 atom stereocenters. The highest BCUT2D eigenvalue weighted by molar-refractivity contribution is 5.93. The highest BCUT2D eigenvalue weighted by Gasteiger charge is 2.36. The maximum Gasteiger partial charge on any atom is 0.312 e. The SMILES string of the molecule is CC1(C)CCC(O)(CNC(=O)CC(=O)O)CC1. The van der Waals surface area contributed by atoms with E-state index >= 15 is 0 Å². The molecule has 1 rings (SSSR count). The Morgan fingerprint density at radius 3 is 2.18 bits per heavy atom. The summed E-state index contributed by atoms with van der Waals surface area (Å²) in [7, 11) is 0. The molecule has 0 aromatic heterocycles. The Labute approximate surface area is 101 Å². The summed E-state index contributed by atoms with van der Waals surface area (Å²) in [5.41, 5.74) is -0.624. The highest BCUT2D eigenvalue weighted by Crippen LogP contribution is 2.39. The van der Waals surface area contributed by atoms with Crippen molar-refractivity contribution in [2.45, 2.75) is 51.6 Å². The van der Waals surface area contributed by atoms with Crippen LogP contribution in [0.25, 0.3) is 0 Å². The van der Waals surface area contributed by atoms with Gasteiger partial charge in [0.15, 0.2) is 0 Å². The topological polar surface area (TPSA) is 86.6 Å². The fraction of sp³-hybridized carbons (Fsp3) is 0.833. The van der Waals surface area contributed by atoms with Crippen molar-refractivity contribution in [2.24, 2.45) is 5.41 Å². The van der Waals surface area contributed by atoms with Crippen molar-refractivity contribution < 1.29 is 19.8 Å². The molecule has 5 heteroatoms. The first kappa shape index (κ1) is 14.0. The summed E-state index contributed by atoms with van der Waals surface area (Å²) in [4.78, 5) is 21.5.